The summed E-state index contributed by atoms with van der Waals surface area (Å²) >= 11 is 0. The Morgan fingerprint density at radius 1 is 1.32 bits per heavy atom. The number of hydrogen-bond donors (Lipinski definition) is 1. The highest BCUT2D eigenvalue weighted by Gasteiger charge is 2.26. The second kappa shape index (κ2) is 5.64. The molecule has 0 aliphatic carbocycles. The SMILES string of the molecule is COc1nc(N2CCNCC2)c2ncn(CC(C)(F)F)c2n1. The zero-order chi connectivity index (χ0) is 15.7. The lowest BCUT2D eigenvalue weighted by molar-refractivity contribution is 0.00478. The molecule has 120 valence electrons. The standard InChI is InChI=1S/C13H18F2N6O/c1-13(14,15)7-21-8-17-9-10(20-5-3-16-4-6-20)18-12(22-2)19-11(9)21/h8,16H,3-7H2,1-2H3. The number of nitrogens with zero attached hydrogens (tertiary/aromatic N) is 5. The largest absolute Gasteiger partial charge is 0.467 e. The minimum Gasteiger partial charge on any atom is -0.467 e. The first-order valence-corrected chi connectivity index (χ1v) is 7.08. The number of halogens is 2. The van der Waals surface area contributed by atoms with Crippen LogP contribution < -0.4 is 15.0 Å². The van der Waals surface area contributed by atoms with Crippen LogP contribution in [-0.4, -0.2) is 58.7 Å². The van der Waals surface area contributed by atoms with Crippen molar-refractivity contribution in [3.63, 3.8) is 0 Å². The molecule has 1 aliphatic rings. The molecular weight excluding hydrogens is 294 g/mol. The first-order chi connectivity index (χ1) is 10.5. The lowest BCUT2D eigenvalue weighted by atomic mass is 10.3. The Bertz CT molecular complexity index is 662. The maximum atomic E-state index is 13.3. The maximum Gasteiger partial charge on any atom is 0.320 e. The van der Waals surface area contributed by atoms with Crippen molar-refractivity contribution in [2.24, 2.45) is 0 Å². The Morgan fingerprint density at radius 2 is 2.05 bits per heavy atom. The van der Waals surface area contributed by atoms with E-state index in [0.29, 0.717) is 17.0 Å². The molecule has 0 amide bonds. The molecule has 22 heavy (non-hydrogen) atoms. The van der Waals surface area contributed by atoms with Gasteiger partial charge in [-0.15, -0.1) is 0 Å². The fourth-order valence-electron chi connectivity index (χ4n) is 2.51. The molecule has 2 aromatic heterocycles. The third-order valence-electron chi connectivity index (χ3n) is 3.47. The molecule has 1 aliphatic heterocycles. The summed E-state index contributed by atoms with van der Waals surface area (Å²) < 4.78 is 33.1. The molecule has 3 rings (SSSR count). The predicted molar refractivity (Wildman–Crippen MR) is 77.6 cm³/mol. The number of nitrogens with one attached hydrogen (secondary N) is 1. The Kier molecular flexibility index (Phi) is 3.81. The molecule has 0 spiro atoms. The third-order valence-corrected chi connectivity index (χ3v) is 3.47. The highest BCUT2D eigenvalue weighted by molar-refractivity contribution is 5.84. The molecule has 7 nitrogen and oxygen atoms in total. The van der Waals surface area contributed by atoms with Gasteiger partial charge in [-0.2, -0.15) is 9.97 Å². The van der Waals surface area contributed by atoms with Crippen LogP contribution in [0.15, 0.2) is 6.33 Å². The summed E-state index contributed by atoms with van der Waals surface area (Å²) in [6.45, 7) is 3.60. The average Bonchev–Trinajstić information content (AvgIpc) is 2.88. The van der Waals surface area contributed by atoms with E-state index in [1.54, 1.807) is 0 Å². The third kappa shape index (κ3) is 2.94. The molecule has 1 fully saturated rings. The summed E-state index contributed by atoms with van der Waals surface area (Å²) in [5.74, 6) is -2.22. The van der Waals surface area contributed by atoms with Crippen molar-refractivity contribution in [1.29, 1.82) is 0 Å². The summed E-state index contributed by atoms with van der Waals surface area (Å²) in [4.78, 5) is 14.8. The van der Waals surface area contributed by atoms with Gasteiger partial charge >= 0.3 is 6.01 Å². The van der Waals surface area contributed by atoms with Crippen LogP contribution in [0.25, 0.3) is 11.2 Å². The smallest absolute Gasteiger partial charge is 0.320 e. The minimum absolute atomic E-state index is 0.155. The molecule has 0 radical (unpaired) electrons. The molecule has 9 heteroatoms. The number of aromatic nitrogens is 4. The van der Waals surface area contributed by atoms with Crippen LogP contribution in [0.2, 0.25) is 0 Å². The second-order valence-electron chi connectivity index (χ2n) is 5.39. The van der Waals surface area contributed by atoms with E-state index in [9.17, 15) is 8.78 Å². The van der Waals surface area contributed by atoms with Gasteiger partial charge in [-0.05, 0) is 0 Å². The van der Waals surface area contributed by atoms with Gasteiger partial charge in [0.05, 0.1) is 20.0 Å². The molecule has 0 aromatic carbocycles. The van der Waals surface area contributed by atoms with E-state index in [0.717, 1.165) is 33.1 Å². The predicted octanol–water partition coefficient (Wildman–Crippen LogP) is 0.900. The summed E-state index contributed by atoms with van der Waals surface area (Å²) in [7, 11) is 1.46. The van der Waals surface area contributed by atoms with Gasteiger partial charge in [0.1, 0.15) is 0 Å². The van der Waals surface area contributed by atoms with Crippen LogP contribution in [0.3, 0.4) is 0 Å². The highest BCUT2D eigenvalue weighted by Crippen LogP contribution is 2.27. The number of alkyl halides is 2. The van der Waals surface area contributed by atoms with Crippen molar-refractivity contribution in [2.45, 2.75) is 19.4 Å². The minimum atomic E-state index is -2.85. The van der Waals surface area contributed by atoms with E-state index in [-0.39, 0.29) is 6.01 Å². The fraction of sp³-hybridized carbons (Fsp3) is 0.615. The van der Waals surface area contributed by atoms with E-state index >= 15 is 0 Å². The van der Waals surface area contributed by atoms with Crippen LogP contribution in [0.4, 0.5) is 14.6 Å². The van der Waals surface area contributed by atoms with Gasteiger partial charge in [0.25, 0.3) is 5.92 Å². The van der Waals surface area contributed by atoms with Crippen LogP contribution in [0.1, 0.15) is 6.92 Å². The number of imidazole rings is 1. The van der Waals surface area contributed by atoms with Crippen LogP contribution >= 0.6 is 0 Å². The molecule has 0 saturated carbocycles. The summed E-state index contributed by atoms with van der Waals surface area (Å²) in [6.07, 6.45) is 1.38. The number of anilines is 1. The van der Waals surface area contributed by atoms with Crippen molar-refractivity contribution >= 4 is 17.0 Å². The Balaban J connectivity index is 2.07. The Hall–Kier alpha value is -2.03. The van der Waals surface area contributed by atoms with Crippen LogP contribution in [0, 0.1) is 0 Å². The van der Waals surface area contributed by atoms with Crippen molar-refractivity contribution < 1.29 is 13.5 Å². The molecule has 1 N–H and O–H groups in total. The first kappa shape index (κ1) is 14.9. The van der Waals surface area contributed by atoms with Gasteiger partial charge in [0.15, 0.2) is 17.0 Å². The molecule has 1 saturated heterocycles. The van der Waals surface area contributed by atoms with Crippen molar-refractivity contribution in [1.82, 2.24) is 24.8 Å². The fourth-order valence-corrected chi connectivity index (χ4v) is 2.51. The molecule has 2 aromatic rings. The molecule has 0 unspecified atom stereocenters. The van der Waals surface area contributed by atoms with E-state index in [1.165, 1.54) is 18.0 Å². The number of fused-ring (bicyclic) bond motifs is 1. The first-order valence-electron chi connectivity index (χ1n) is 7.08. The molecule has 3 heterocycles. The Labute approximate surface area is 126 Å². The van der Waals surface area contributed by atoms with E-state index in [1.807, 2.05) is 0 Å². The van der Waals surface area contributed by atoms with Gasteiger partial charge in [-0.3, -0.25) is 0 Å². The zero-order valence-electron chi connectivity index (χ0n) is 12.5. The number of methoxy groups -OCH3 is 1. The van der Waals surface area contributed by atoms with Crippen LogP contribution in [-0.2, 0) is 6.54 Å². The number of ether oxygens (including phenoxy) is 1. The molecular formula is C13H18F2N6O. The highest BCUT2D eigenvalue weighted by atomic mass is 19.3. The van der Waals surface area contributed by atoms with Crippen molar-refractivity contribution in [3.8, 4) is 6.01 Å². The van der Waals surface area contributed by atoms with E-state index in [4.69, 9.17) is 4.74 Å². The normalized spacial score (nSPS) is 16.3. The molecule has 0 atom stereocenters. The van der Waals surface area contributed by atoms with Gasteiger partial charge in [0.2, 0.25) is 0 Å². The lowest BCUT2D eigenvalue weighted by Crippen LogP contribution is -2.44. The van der Waals surface area contributed by atoms with Gasteiger partial charge in [0, 0.05) is 33.1 Å². The number of rotatable bonds is 4. The van der Waals surface area contributed by atoms with E-state index in [2.05, 4.69) is 25.2 Å². The summed E-state index contributed by atoms with van der Waals surface area (Å²) in [5, 5.41) is 3.26. The Morgan fingerprint density at radius 3 is 2.68 bits per heavy atom. The topological polar surface area (TPSA) is 68.1 Å². The summed E-state index contributed by atoms with van der Waals surface area (Å²) in [5.41, 5.74) is 0.883. The quantitative estimate of drug-likeness (QED) is 0.905. The second-order valence-corrected chi connectivity index (χ2v) is 5.39. The monoisotopic (exact) mass is 312 g/mol. The number of piperazine rings is 1. The van der Waals surface area contributed by atoms with Gasteiger partial charge < -0.3 is 19.5 Å². The lowest BCUT2D eigenvalue weighted by Gasteiger charge is -2.28. The summed E-state index contributed by atoms with van der Waals surface area (Å²) in [6, 6.07) is 0.155. The maximum absolute atomic E-state index is 13.3. The van der Waals surface area contributed by atoms with Gasteiger partial charge in [-0.1, -0.05) is 0 Å². The number of hydrogen-bond acceptors (Lipinski definition) is 6. The molecule has 0 bridgehead atoms. The zero-order valence-corrected chi connectivity index (χ0v) is 12.5. The van der Waals surface area contributed by atoms with Gasteiger partial charge in [-0.25, -0.2) is 13.8 Å². The van der Waals surface area contributed by atoms with E-state index < -0.39 is 12.5 Å². The van der Waals surface area contributed by atoms with Crippen LogP contribution in [0.5, 0.6) is 6.01 Å². The van der Waals surface area contributed by atoms with Crippen molar-refractivity contribution in [3.05, 3.63) is 6.33 Å². The van der Waals surface area contributed by atoms with Crippen molar-refractivity contribution in [2.75, 3.05) is 38.2 Å². The average molecular weight is 312 g/mol.